The van der Waals surface area contributed by atoms with E-state index in [-0.39, 0.29) is 28.1 Å². The van der Waals surface area contributed by atoms with Crippen molar-refractivity contribution in [1.82, 2.24) is 0 Å². The molecule has 0 spiro atoms. The van der Waals surface area contributed by atoms with Gasteiger partial charge in [-0.2, -0.15) is 0 Å². The van der Waals surface area contributed by atoms with Crippen LogP contribution in [0.4, 0.5) is 10.1 Å². The van der Waals surface area contributed by atoms with Gasteiger partial charge in [0.15, 0.2) is 9.84 Å². The Labute approximate surface area is 110 Å². The molecule has 6 nitrogen and oxygen atoms in total. The van der Waals surface area contributed by atoms with Gasteiger partial charge in [0.2, 0.25) is 10.0 Å². The first-order chi connectivity index (χ1) is 8.67. The van der Waals surface area contributed by atoms with Crippen LogP contribution in [0.3, 0.4) is 0 Å². The first-order valence-electron chi connectivity index (χ1n) is 5.47. The maximum atomic E-state index is 13.7. The molecular weight excluding hydrogens is 295 g/mol. The lowest BCUT2D eigenvalue weighted by atomic mass is 10.2. The van der Waals surface area contributed by atoms with Gasteiger partial charge in [-0.25, -0.2) is 26.4 Å². The number of hydrogen-bond donors (Lipinski definition) is 2. The summed E-state index contributed by atoms with van der Waals surface area (Å²) < 4.78 is 58.3. The van der Waals surface area contributed by atoms with Gasteiger partial charge in [0.1, 0.15) is 5.82 Å². The van der Waals surface area contributed by atoms with Crippen LogP contribution in [-0.2, 0) is 19.9 Å². The zero-order chi connectivity index (χ0) is 14.3. The van der Waals surface area contributed by atoms with Gasteiger partial charge in [-0.15, -0.1) is 0 Å². The predicted octanol–water partition coefficient (Wildman–Crippen LogP) is 0.0721. The summed E-state index contributed by atoms with van der Waals surface area (Å²) in [5, 5.41) is 7.63. The van der Waals surface area contributed by atoms with Crippen LogP contribution in [0.25, 0.3) is 0 Å². The van der Waals surface area contributed by atoms with Crippen LogP contribution in [0, 0.1) is 5.82 Å². The summed E-state index contributed by atoms with van der Waals surface area (Å²) >= 11 is 0. The van der Waals surface area contributed by atoms with Crippen LogP contribution >= 0.6 is 0 Å². The van der Waals surface area contributed by atoms with E-state index < -0.39 is 25.7 Å². The summed E-state index contributed by atoms with van der Waals surface area (Å²) in [4.78, 5) is -0.324. The minimum Gasteiger partial charge on any atom is -0.379 e. The zero-order valence-electron chi connectivity index (χ0n) is 9.84. The van der Waals surface area contributed by atoms with Crippen LogP contribution in [0.2, 0.25) is 0 Å². The first kappa shape index (κ1) is 14.2. The molecule has 1 aliphatic heterocycles. The van der Waals surface area contributed by atoms with E-state index >= 15 is 0 Å². The monoisotopic (exact) mass is 308 g/mol. The molecule has 1 fully saturated rings. The van der Waals surface area contributed by atoms with Gasteiger partial charge in [-0.3, -0.25) is 0 Å². The molecule has 1 heterocycles. The average Bonchev–Trinajstić information content (AvgIpc) is 2.59. The minimum absolute atomic E-state index is 0.0522. The van der Waals surface area contributed by atoms with Crippen LogP contribution in [-0.4, -0.2) is 34.4 Å². The number of nitrogens with one attached hydrogen (secondary N) is 1. The Morgan fingerprint density at radius 2 is 2.05 bits per heavy atom. The molecule has 1 atom stereocenters. The SMILES string of the molecule is NS(=O)(=O)c1ccc(NC2CCS(=O)(=O)C2)c(F)c1. The second-order valence-corrected chi connectivity index (χ2v) is 8.22. The Hall–Kier alpha value is -1.19. The summed E-state index contributed by atoms with van der Waals surface area (Å²) in [5.41, 5.74) is 0.0644. The Kier molecular flexibility index (Phi) is 3.54. The molecule has 1 unspecified atom stereocenters. The number of hydrogen-bond acceptors (Lipinski definition) is 5. The molecule has 9 heteroatoms. The molecule has 19 heavy (non-hydrogen) atoms. The largest absolute Gasteiger partial charge is 0.379 e. The van der Waals surface area contributed by atoms with Gasteiger partial charge in [0.05, 0.1) is 22.1 Å². The smallest absolute Gasteiger partial charge is 0.238 e. The molecule has 0 bridgehead atoms. The van der Waals surface area contributed by atoms with Gasteiger partial charge >= 0.3 is 0 Å². The van der Waals surface area contributed by atoms with Crippen molar-refractivity contribution in [3.05, 3.63) is 24.0 Å². The van der Waals surface area contributed by atoms with Crippen molar-refractivity contribution in [3.8, 4) is 0 Å². The topological polar surface area (TPSA) is 106 Å². The lowest BCUT2D eigenvalue weighted by Crippen LogP contribution is -2.21. The molecule has 0 aliphatic carbocycles. The number of primary sulfonamides is 1. The number of benzene rings is 1. The van der Waals surface area contributed by atoms with Crippen LogP contribution in [0.1, 0.15) is 6.42 Å². The fraction of sp³-hybridized carbons (Fsp3) is 0.400. The normalized spacial score (nSPS) is 22.3. The van der Waals surface area contributed by atoms with Gasteiger partial charge in [-0.1, -0.05) is 0 Å². The number of rotatable bonds is 3. The second kappa shape index (κ2) is 4.73. The number of nitrogens with two attached hydrogens (primary N) is 1. The molecule has 3 N–H and O–H groups in total. The Morgan fingerprint density at radius 3 is 2.53 bits per heavy atom. The van der Waals surface area contributed by atoms with Crippen molar-refractivity contribution in [2.24, 2.45) is 5.14 Å². The number of anilines is 1. The van der Waals surface area contributed by atoms with Crippen LogP contribution in [0.15, 0.2) is 23.1 Å². The third-order valence-corrected chi connectivity index (χ3v) is 5.54. The highest BCUT2D eigenvalue weighted by Gasteiger charge is 2.28. The highest BCUT2D eigenvalue weighted by atomic mass is 32.2. The fourth-order valence-corrected chi connectivity index (χ4v) is 4.12. The molecule has 0 amide bonds. The van der Waals surface area contributed by atoms with E-state index in [9.17, 15) is 21.2 Å². The molecule has 1 saturated heterocycles. The summed E-state index contributed by atoms with van der Waals surface area (Å²) in [6.07, 6.45) is 0.402. The Bertz CT molecular complexity index is 700. The van der Waals surface area contributed by atoms with Gasteiger partial charge < -0.3 is 5.32 Å². The lowest BCUT2D eigenvalue weighted by molar-refractivity contribution is 0.592. The molecule has 1 aliphatic rings. The molecule has 2 rings (SSSR count). The summed E-state index contributed by atoms with van der Waals surface area (Å²) in [5.74, 6) is -0.763. The highest BCUT2D eigenvalue weighted by Crippen LogP contribution is 2.22. The van der Waals surface area contributed by atoms with E-state index in [1.807, 2.05) is 0 Å². The Morgan fingerprint density at radius 1 is 1.37 bits per heavy atom. The minimum atomic E-state index is -3.95. The van der Waals surface area contributed by atoms with Gasteiger partial charge in [0, 0.05) is 6.04 Å². The standard InChI is InChI=1S/C10H13FN2O4S2/c11-9-5-8(19(12,16)17)1-2-10(9)13-7-3-4-18(14,15)6-7/h1-2,5,7,13H,3-4,6H2,(H2,12,16,17). The second-order valence-electron chi connectivity index (χ2n) is 4.43. The fourth-order valence-electron chi connectivity index (χ4n) is 1.92. The molecule has 1 aromatic rings. The molecular formula is C10H13FN2O4S2. The third-order valence-electron chi connectivity index (χ3n) is 2.86. The van der Waals surface area contributed by atoms with E-state index in [0.717, 1.165) is 6.07 Å². The Balaban J connectivity index is 2.19. The molecule has 106 valence electrons. The highest BCUT2D eigenvalue weighted by molar-refractivity contribution is 7.91. The maximum Gasteiger partial charge on any atom is 0.238 e. The number of sulfonamides is 1. The quantitative estimate of drug-likeness (QED) is 0.822. The average molecular weight is 308 g/mol. The molecule has 0 aromatic heterocycles. The third kappa shape index (κ3) is 3.43. The van der Waals surface area contributed by atoms with E-state index in [0.29, 0.717) is 6.42 Å². The van der Waals surface area contributed by atoms with E-state index in [2.05, 4.69) is 5.32 Å². The van der Waals surface area contributed by atoms with Crippen molar-refractivity contribution in [2.45, 2.75) is 17.4 Å². The first-order valence-corrected chi connectivity index (χ1v) is 8.83. The summed E-state index contributed by atoms with van der Waals surface area (Å²) in [6.45, 7) is 0. The number of sulfone groups is 1. The van der Waals surface area contributed by atoms with Crippen molar-refractivity contribution in [1.29, 1.82) is 0 Å². The van der Waals surface area contributed by atoms with Crippen molar-refractivity contribution < 1.29 is 21.2 Å². The van der Waals surface area contributed by atoms with E-state index in [1.54, 1.807) is 0 Å². The zero-order valence-corrected chi connectivity index (χ0v) is 11.5. The predicted molar refractivity (Wildman–Crippen MR) is 68.5 cm³/mol. The van der Waals surface area contributed by atoms with Crippen LogP contribution < -0.4 is 10.5 Å². The van der Waals surface area contributed by atoms with Crippen molar-refractivity contribution in [2.75, 3.05) is 16.8 Å². The molecule has 0 radical (unpaired) electrons. The maximum absolute atomic E-state index is 13.7. The lowest BCUT2D eigenvalue weighted by Gasteiger charge is -2.13. The van der Waals surface area contributed by atoms with Gasteiger partial charge in [-0.05, 0) is 24.6 Å². The summed E-state index contributed by atoms with van der Waals surface area (Å²) in [7, 11) is -7.01. The van der Waals surface area contributed by atoms with Crippen molar-refractivity contribution in [3.63, 3.8) is 0 Å². The summed E-state index contributed by atoms with van der Waals surface area (Å²) in [6, 6.07) is 2.85. The van der Waals surface area contributed by atoms with Crippen molar-refractivity contribution >= 4 is 25.5 Å². The molecule has 0 saturated carbocycles. The van der Waals surface area contributed by atoms with Gasteiger partial charge in [0.25, 0.3) is 0 Å². The van der Waals surface area contributed by atoms with Crippen LogP contribution in [0.5, 0.6) is 0 Å². The number of halogens is 1. The van der Waals surface area contributed by atoms with E-state index in [1.165, 1.54) is 12.1 Å². The van der Waals surface area contributed by atoms with E-state index in [4.69, 9.17) is 5.14 Å². The molecule has 1 aromatic carbocycles.